The zero-order chi connectivity index (χ0) is 39.6. The number of primary amides is 1. The van der Waals surface area contributed by atoms with Crippen LogP contribution in [0.2, 0.25) is 0 Å². The first-order valence-electron chi connectivity index (χ1n) is 17.1. The fourth-order valence-electron chi connectivity index (χ4n) is 5.13. The predicted molar refractivity (Wildman–Crippen MR) is 195 cm³/mol. The highest BCUT2D eigenvalue weighted by atomic mass is 16.7. The van der Waals surface area contributed by atoms with E-state index in [9.17, 15) is 38.9 Å². The monoisotopic (exact) mass is 751 g/mol. The van der Waals surface area contributed by atoms with Gasteiger partial charge in [0.2, 0.25) is 11.8 Å². The Morgan fingerprint density at radius 2 is 1.59 bits per heavy atom. The van der Waals surface area contributed by atoms with Gasteiger partial charge in [-0.1, -0.05) is 25.1 Å². The number of non-ortho nitro benzene ring substituents is 1. The molecule has 1 aliphatic rings. The van der Waals surface area contributed by atoms with E-state index in [0.717, 1.165) is 0 Å². The highest BCUT2D eigenvalue weighted by Gasteiger charge is 2.30. The molecular weight excluding hydrogens is 706 g/mol. The van der Waals surface area contributed by atoms with Crippen molar-refractivity contribution < 1.29 is 47.9 Å². The number of urea groups is 1. The lowest BCUT2D eigenvalue weighted by Crippen LogP contribution is -2.55. The van der Waals surface area contributed by atoms with Crippen molar-refractivity contribution >= 4 is 47.2 Å². The van der Waals surface area contributed by atoms with Crippen molar-refractivity contribution in [3.8, 4) is 5.75 Å². The van der Waals surface area contributed by atoms with E-state index in [1.54, 1.807) is 31.2 Å². The third-order valence-corrected chi connectivity index (χ3v) is 8.17. The standard InChI is InChI=1S/C36H45N7O11/c1-23(8-5-4-6-21-42-30(44)18-19-31(42)45)39-32(24(2)52-3)34(47)41-29(9-7-20-38-35(37)48)33(46)40-26-12-10-25(11-13-26)22-53-36(49)54-28-16-14-27(15-17-28)43(50)51/h10-19,24,29,32,39H,1,4-9,20-22H2,2-3H3,(H,40,46)(H,41,47)(H3,37,38,48)/t24?,29-,32-/m0/s1. The highest BCUT2D eigenvalue weighted by molar-refractivity contribution is 6.12. The number of nitrogens with two attached hydrogens (primary N) is 1. The molecule has 0 saturated carbocycles. The maximum atomic E-state index is 13.6. The second-order valence-electron chi connectivity index (χ2n) is 12.2. The van der Waals surface area contributed by atoms with Crippen LogP contribution in [0.15, 0.2) is 73.0 Å². The van der Waals surface area contributed by atoms with Gasteiger partial charge in [-0.3, -0.25) is 34.2 Å². The quantitative estimate of drug-likeness (QED) is 0.0291. The molecule has 1 unspecified atom stereocenters. The SMILES string of the molecule is C=C(CCCCCN1C(=O)C=CC1=O)N[C@H](C(=O)N[C@@H](CCCNC(N)=O)C(=O)Nc1ccc(COC(=O)Oc2ccc([N+](=O)[O-])cc2)cc1)C(C)OC. The molecule has 0 aliphatic carbocycles. The molecule has 1 aliphatic heterocycles. The van der Waals surface area contributed by atoms with E-state index in [1.165, 1.54) is 48.4 Å². The van der Waals surface area contributed by atoms with Crippen molar-refractivity contribution in [3.63, 3.8) is 0 Å². The van der Waals surface area contributed by atoms with Gasteiger partial charge in [0, 0.05) is 55.9 Å². The van der Waals surface area contributed by atoms with Gasteiger partial charge in [-0.05, 0) is 68.9 Å². The third-order valence-electron chi connectivity index (χ3n) is 8.17. The zero-order valence-electron chi connectivity index (χ0n) is 30.0. The largest absolute Gasteiger partial charge is 0.514 e. The number of nitro benzene ring substituents is 1. The Morgan fingerprint density at radius 1 is 0.926 bits per heavy atom. The molecule has 18 heteroatoms. The first-order valence-corrected chi connectivity index (χ1v) is 17.1. The van der Waals surface area contributed by atoms with Gasteiger partial charge in [0.1, 0.15) is 24.4 Å². The summed E-state index contributed by atoms with van der Waals surface area (Å²) in [5.41, 5.74) is 6.51. The maximum absolute atomic E-state index is 13.6. The number of imide groups is 1. The zero-order valence-corrected chi connectivity index (χ0v) is 30.0. The number of rotatable bonds is 22. The van der Waals surface area contributed by atoms with Gasteiger partial charge in [-0.15, -0.1) is 0 Å². The summed E-state index contributed by atoms with van der Waals surface area (Å²) in [6, 6.07) is 8.59. The number of unbranched alkanes of at least 4 members (excludes halogenated alkanes) is 2. The van der Waals surface area contributed by atoms with Crippen molar-refractivity contribution in [1.29, 1.82) is 0 Å². The molecule has 2 aromatic carbocycles. The van der Waals surface area contributed by atoms with Crippen LogP contribution in [0.1, 0.15) is 51.0 Å². The first-order chi connectivity index (χ1) is 25.8. The van der Waals surface area contributed by atoms with Gasteiger partial charge in [-0.25, -0.2) is 9.59 Å². The van der Waals surface area contributed by atoms with Gasteiger partial charge in [0.25, 0.3) is 17.5 Å². The molecule has 0 saturated heterocycles. The predicted octanol–water partition coefficient (Wildman–Crippen LogP) is 3.17. The molecule has 0 fully saturated rings. The number of ether oxygens (including phenoxy) is 3. The molecule has 0 aromatic heterocycles. The van der Waals surface area contributed by atoms with E-state index in [4.69, 9.17) is 19.9 Å². The Hall–Kier alpha value is -6.30. The van der Waals surface area contributed by atoms with Crippen LogP contribution in [-0.4, -0.2) is 84.0 Å². The molecule has 2 aromatic rings. The molecule has 290 valence electrons. The number of allylic oxidation sites excluding steroid dienone is 1. The normalized spacial score (nSPS) is 13.7. The van der Waals surface area contributed by atoms with Crippen molar-refractivity contribution in [2.75, 3.05) is 25.5 Å². The van der Waals surface area contributed by atoms with Crippen LogP contribution in [0.4, 0.5) is 21.0 Å². The Labute approximate surface area is 311 Å². The summed E-state index contributed by atoms with van der Waals surface area (Å²) in [6.07, 6.45) is 3.81. The summed E-state index contributed by atoms with van der Waals surface area (Å²) in [4.78, 5) is 85.1. The molecule has 6 N–H and O–H groups in total. The van der Waals surface area contributed by atoms with Gasteiger partial charge in [0.05, 0.1) is 11.0 Å². The Kier molecular flexibility index (Phi) is 16.6. The summed E-state index contributed by atoms with van der Waals surface area (Å²) in [6.45, 7) is 6.04. The Morgan fingerprint density at radius 3 is 2.20 bits per heavy atom. The Balaban J connectivity index is 1.54. The summed E-state index contributed by atoms with van der Waals surface area (Å²) in [5, 5.41) is 21.9. The first kappa shape index (κ1) is 42.1. The third kappa shape index (κ3) is 14.0. The van der Waals surface area contributed by atoms with Crippen LogP contribution >= 0.6 is 0 Å². The van der Waals surface area contributed by atoms with Crippen molar-refractivity contribution in [1.82, 2.24) is 20.9 Å². The number of nitro groups is 1. The fourth-order valence-corrected chi connectivity index (χ4v) is 5.13. The molecule has 18 nitrogen and oxygen atoms in total. The number of methoxy groups -OCH3 is 1. The number of carbonyl (C=O) groups excluding carboxylic acids is 6. The van der Waals surface area contributed by atoms with E-state index >= 15 is 0 Å². The van der Waals surface area contributed by atoms with Crippen molar-refractivity contribution in [3.05, 3.63) is 88.6 Å². The van der Waals surface area contributed by atoms with E-state index in [2.05, 4.69) is 27.8 Å². The Bertz CT molecular complexity index is 1680. The van der Waals surface area contributed by atoms with Crippen LogP contribution in [0, 0.1) is 10.1 Å². The number of nitrogens with zero attached hydrogens (tertiary/aromatic N) is 2. The number of hydrogen-bond acceptors (Lipinski definition) is 12. The number of benzene rings is 2. The molecule has 54 heavy (non-hydrogen) atoms. The van der Waals surface area contributed by atoms with Gasteiger partial charge >= 0.3 is 12.2 Å². The lowest BCUT2D eigenvalue weighted by molar-refractivity contribution is -0.384. The minimum atomic E-state index is -1.03. The van der Waals surface area contributed by atoms with Crippen LogP contribution in [0.5, 0.6) is 5.75 Å². The fraction of sp³-hybridized carbons (Fsp3) is 0.389. The molecule has 3 rings (SSSR count). The summed E-state index contributed by atoms with van der Waals surface area (Å²) < 4.78 is 15.6. The van der Waals surface area contributed by atoms with E-state index < -0.39 is 47.1 Å². The summed E-state index contributed by atoms with van der Waals surface area (Å²) >= 11 is 0. The minimum absolute atomic E-state index is 0.0669. The minimum Gasteiger partial charge on any atom is -0.429 e. The topological polar surface area (TPSA) is 251 Å². The van der Waals surface area contributed by atoms with Gasteiger partial charge in [0.15, 0.2) is 0 Å². The molecule has 0 radical (unpaired) electrons. The molecule has 6 amide bonds. The lowest BCUT2D eigenvalue weighted by atomic mass is 10.1. The lowest BCUT2D eigenvalue weighted by Gasteiger charge is -2.28. The number of nitrogens with one attached hydrogen (secondary N) is 4. The number of anilines is 1. The van der Waals surface area contributed by atoms with Crippen LogP contribution < -0.4 is 31.7 Å². The van der Waals surface area contributed by atoms with E-state index in [1.807, 2.05) is 0 Å². The van der Waals surface area contributed by atoms with E-state index in [-0.39, 0.29) is 42.8 Å². The van der Waals surface area contributed by atoms with Crippen LogP contribution in [0.3, 0.4) is 0 Å². The van der Waals surface area contributed by atoms with Gasteiger partial charge < -0.3 is 41.2 Å². The summed E-state index contributed by atoms with van der Waals surface area (Å²) in [7, 11) is 1.45. The second-order valence-corrected chi connectivity index (χ2v) is 12.2. The van der Waals surface area contributed by atoms with E-state index in [0.29, 0.717) is 55.6 Å². The molecule has 0 bridgehead atoms. The number of amides is 6. The average Bonchev–Trinajstić information content (AvgIpc) is 3.46. The van der Waals surface area contributed by atoms with Crippen molar-refractivity contribution in [2.45, 2.75) is 70.2 Å². The molecular formula is C36H45N7O11. The molecule has 0 spiro atoms. The maximum Gasteiger partial charge on any atom is 0.514 e. The van der Waals surface area contributed by atoms with Gasteiger partial charge in [-0.2, -0.15) is 0 Å². The smallest absolute Gasteiger partial charge is 0.429 e. The molecule has 3 atom stereocenters. The number of hydrogen-bond donors (Lipinski definition) is 5. The second kappa shape index (κ2) is 21.3. The average molecular weight is 752 g/mol. The highest BCUT2D eigenvalue weighted by Crippen LogP contribution is 2.19. The van der Waals surface area contributed by atoms with Crippen LogP contribution in [0.25, 0.3) is 0 Å². The number of carbonyl (C=O) groups is 6. The molecule has 1 heterocycles. The summed E-state index contributed by atoms with van der Waals surface area (Å²) in [5.74, 6) is -1.65. The van der Waals surface area contributed by atoms with Crippen molar-refractivity contribution in [2.24, 2.45) is 5.73 Å². The van der Waals surface area contributed by atoms with Crippen LogP contribution in [-0.2, 0) is 35.3 Å².